The Labute approximate surface area is 195 Å². The molecule has 5 rings (SSSR count). The van der Waals surface area contributed by atoms with Crippen LogP contribution in [0.5, 0.6) is 0 Å². The molecule has 0 spiro atoms. The summed E-state index contributed by atoms with van der Waals surface area (Å²) in [6.07, 6.45) is 0. The zero-order chi connectivity index (χ0) is 22.1. The highest BCUT2D eigenvalue weighted by molar-refractivity contribution is 6.36. The molecule has 0 atom stereocenters. The summed E-state index contributed by atoms with van der Waals surface area (Å²) in [7, 11) is 0. The molecule has 2 aliphatic rings. The molecule has 1 saturated heterocycles. The van der Waals surface area contributed by atoms with E-state index in [1.807, 2.05) is 6.07 Å². The minimum absolute atomic E-state index is 0.0542. The van der Waals surface area contributed by atoms with Crippen LogP contribution in [0.4, 0.5) is 21.6 Å². The van der Waals surface area contributed by atoms with E-state index in [0.717, 1.165) is 43.2 Å². The van der Waals surface area contributed by atoms with E-state index in [0.29, 0.717) is 36.0 Å². The molecule has 0 unspecified atom stereocenters. The first-order valence-electron chi connectivity index (χ1n) is 10.5. The van der Waals surface area contributed by atoms with Crippen molar-refractivity contribution < 1.29 is 9.13 Å². The van der Waals surface area contributed by atoms with Crippen molar-refractivity contribution in [2.24, 2.45) is 0 Å². The van der Waals surface area contributed by atoms with Gasteiger partial charge >= 0.3 is 0 Å². The predicted molar refractivity (Wildman–Crippen MR) is 126 cm³/mol. The smallest absolute Gasteiger partial charge is 0.172 e. The fraction of sp³-hybridized carbons (Fsp3) is 0.304. The monoisotopic (exact) mass is 473 g/mol. The van der Waals surface area contributed by atoms with Crippen LogP contribution in [0, 0.1) is 5.82 Å². The first-order valence-corrected chi connectivity index (χ1v) is 11.3. The van der Waals surface area contributed by atoms with Crippen LogP contribution in [0.15, 0.2) is 42.5 Å². The van der Waals surface area contributed by atoms with Crippen LogP contribution in [0.25, 0.3) is 11.3 Å². The minimum Gasteiger partial charge on any atom is -0.378 e. The molecule has 1 N–H and O–H groups in total. The standard InChI is InChI=1S/C23H22Cl2FN5O/c24-18-5-6-19(26)22(25)17(18)14-31-8-7-27-23-21(31)13-20(28-29-23)15-1-3-16(4-2-15)30-9-11-32-12-10-30/h1-6,13H,7-12,14H2,(H,27,29). The first-order chi connectivity index (χ1) is 15.6. The average Bonchev–Trinajstić information content (AvgIpc) is 2.85. The Balaban J connectivity index is 1.42. The molecule has 2 aromatic carbocycles. The zero-order valence-electron chi connectivity index (χ0n) is 17.3. The average molecular weight is 474 g/mol. The summed E-state index contributed by atoms with van der Waals surface area (Å²) in [5.41, 5.74) is 4.36. The molecule has 0 amide bonds. The second kappa shape index (κ2) is 9.10. The normalized spacial score (nSPS) is 16.0. The number of nitrogens with zero attached hydrogens (tertiary/aromatic N) is 4. The Kier molecular flexibility index (Phi) is 6.04. The Bertz CT molecular complexity index is 1120. The van der Waals surface area contributed by atoms with Gasteiger partial charge in [-0.05, 0) is 30.3 Å². The fourth-order valence-corrected chi connectivity index (χ4v) is 4.54. The molecule has 0 saturated carbocycles. The predicted octanol–water partition coefficient (Wildman–Crippen LogP) is 4.86. The maximum atomic E-state index is 14.0. The fourth-order valence-electron chi connectivity index (χ4n) is 4.05. The lowest BCUT2D eigenvalue weighted by atomic mass is 10.1. The van der Waals surface area contributed by atoms with Gasteiger partial charge < -0.3 is 19.9 Å². The van der Waals surface area contributed by atoms with Gasteiger partial charge in [0.2, 0.25) is 0 Å². The number of aromatic nitrogens is 2. The lowest BCUT2D eigenvalue weighted by Gasteiger charge is -2.32. The highest BCUT2D eigenvalue weighted by Crippen LogP contribution is 2.35. The SMILES string of the molecule is Fc1ccc(Cl)c(CN2CCNc3nnc(-c4ccc(N5CCOCC5)cc4)cc32)c1Cl. The van der Waals surface area contributed by atoms with E-state index in [4.69, 9.17) is 27.9 Å². The summed E-state index contributed by atoms with van der Waals surface area (Å²) in [5.74, 6) is 0.212. The molecule has 9 heteroatoms. The number of hydrogen-bond acceptors (Lipinski definition) is 6. The number of rotatable bonds is 4. The van der Waals surface area contributed by atoms with Crippen molar-refractivity contribution in [3.63, 3.8) is 0 Å². The number of benzene rings is 2. The molecule has 2 aliphatic heterocycles. The number of ether oxygens (including phenoxy) is 1. The van der Waals surface area contributed by atoms with Gasteiger partial charge in [-0.15, -0.1) is 10.2 Å². The van der Waals surface area contributed by atoms with Crippen LogP contribution in [-0.4, -0.2) is 49.6 Å². The van der Waals surface area contributed by atoms with Gasteiger partial charge in [0.05, 0.1) is 29.6 Å². The maximum absolute atomic E-state index is 14.0. The number of nitrogens with one attached hydrogen (secondary N) is 1. The topological polar surface area (TPSA) is 53.5 Å². The van der Waals surface area contributed by atoms with Gasteiger partial charge in [0, 0.05) is 54.6 Å². The molecule has 1 aromatic heterocycles. The lowest BCUT2D eigenvalue weighted by Crippen LogP contribution is -2.36. The van der Waals surface area contributed by atoms with Crippen LogP contribution in [0.1, 0.15) is 5.56 Å². The summed E-state index contributed by atoms with van der Waals surface area (Å²) in [6.45, 7) is 5.07. The van der Waals surface area contributed by atoms with Crippen LogP contribution in [0.3, 0.4) is 0 Å². The van der Waals surface area contributed by atoms with Crippen molar-refractivity contribution in [1.82, 2.24) is 10.2 Å². The highest BCUT2D eigenvalue weighted by Gasteiger charge is 2.22. The quantitative estimate of drug-likeness (QED) is 0.546. The molecule has 0 aliphatic carbocycles. The minimum atomic E-state index is -0.477. The Hall–Kier alpha value is -2.61. The molecule has 0 radical (unpaired) electrons. The molecule has 32 heavy (non-hydrogen) atoms. The van der Waals surface area contributed by atoms with E-state index in [-0.39, 0.29) is 5.02 Å². The van der Waals surface area contributed by atoms with Gasteiger partial charge in [0.1, 0.15) is 5.82 Å². The number of hydrogen-bond donors (Lipinski definition) is 1. The Morgan fingerprint density at radius 2 is 1.78 bits per heavy atom. The van der Waals surface area contributed by atoms with Crippen LogP contribution < -0.4 is 15.1 Å². The summed E-state index contributed by atoms with van der Waals surface area (Å²) in [5, 5.41) is 12.6. The van der Waals surface area contributed by atoms with E-state index >= 15 is 0 Å². The summed E-state index contributed by atoms with van der Waals surface area (Å²) in [6, 6.07) is 13.1. The van der Waals surface area contributed by atoms with Crippen molar-refractivity contribution >= 4 is 40.4 Å². The molecule has 3 heterocycles. The number of morpholine rings is 1. The van der Waals surface area contributed by atoms with Crippen molar-refractivity contribution in [2.45, 2.75) is 6.54 Å². The highest BCUT2D eigenvalue weighted by atomic mass is 35.5. The van der Waals surface area contributed by atoms with E-state index in [1.54, 1.807) is 0 Å². The first kappa shape index (κ1) is 21.2. The van der Waals surface area contributed by atoms with Crippen molar-refractivity contribution in [3.05, 3.63) is 63.9 Å². The van der Waals surface area contributed by atoms with Gasteiger partial charge in [-0.2, -0.15) is 0 Å². The number of halogens is 3. The molecule has 0 bridgehead atoms. The summed E-state index contributed by atoms with van der Waals surface area (Å²) < 4.78 is 19.4. The largest absolute Gasteiger partial charge is 0.378 e. The maximum Gasteiger partial charge on any atom is 0.172 e. The molecule has 166 valence electrons. The molecular weight excluding hydrogens is 452 g/mol. The molecule has 1 fully saturated rings. The van der Waals surface area contributed by atoms with Gasteiger partial charge in [0.15, 0.2) is 5.82 Å². The Morgan fingerprint density at radius 1 is 1.00 bits per heavy atom. The lowest BCUT2D eigenvalue weighted by molar-refractivity contribution is 0.122. The van der Waals surface area contributed by atoms with Crippen molar-refractivity contribution in [1.29, 1.82) is 0 Å². The van der Waals surface area contributed by atoms with Gasteiger partial charge in [0.25, 0.3) is 0 Å². The Morgan fingerprint density at radius 3 is 2.56 bits per heavy atom. The van der Waals surface area contributed by atoms with E-state index < -0.39 is 5.82 Å². The van der Waals surface area contributed by atoms with Gasteiger partial charge in [-0.3, -0.25) is 0 Å². The van der Waals surface area contributed by atoms with Gasteiger partial charge in [-0.25, -0.2) is 4.39 Å². The number of anilines is 3. The zero-order valence-corrected chi connectivity index (χ0v) is 18.8. The van der Waals surface area contributed by atoms with Crippen molar-refractivity contribution in [3.8, 4) is 11.3 Å². The van der Waals surface area contributed by atoms with Crippen LogP contribution >= 0.6 is 23.2 Å². The van der Waals surface area contributed by atoms with Crippen LogP contribution in [0.2, 0.25) is 10.0 Å². The van der Waals surface area contributed by atoms with E-state index in [1.165, 1.54) is 17.8 Å². The second-order valence-corrected chi connectivity index (χ2v) is 8.56. The third-order valence-corrected chi connectivity index (χ3v) is 6.58. The number of fused-ring (bicyclic) bond motifs is 1. The molecule has 3 aromatic rings. The van der Waals surface area contributed by atoms with Crippen LogP contribution in [-0.2, 0) is 11.3 Å². The third-order valence-electron chi connectivity index (χ3n) is 5.82. The summed E-state index contributed by atoms with van der Waals surface area (Å²) >= 11 is 12.5. The van der Waals surface area contributed by atoms with Gasteiger partial charge in [-0.1, -0.05) is 35.3 Å². The van der Waals surface area contributed by atoms with E-state index in [2.05, 4.69) is 49.6 Å². The van der Waals surface area contributed by atoms with Crippen molar-refractivity contribution in [2.75, 3.05) is 54.5 Å². The van der Waals surface area contributed by atoms with E-state index in [9.17, 15) is 4.39 Å². The molecule has 6 nitrogen and oxygen atoms in total. The second-order valence-electron chi connectivity index (χ2n) is 7.78. The molecular formula is C23H22Cl2FN5O. The summed E-state index contributed by atoms with van der Waals surface area (Å²) in [4.78, 5) is 4.41. The third kappa shape index (κ3) is 4.20.